The van der Waals surface area contributed by atoms with Gasteiger partial charge in [0.2, 0.25) is 10.0 Å². The summed E-state index contributed by atoms with van der Waals surface area (Å²) in [5.41, 5.74) is 0.816. The van der Waals surface area contributed by atoms with E-state index in [9.17, 15) is 8.42 Å². The van der Waals surface area contributed by atoms with Gasteiger partial charge in [-0.1, -0.05) is 37.1 Å². The third-order valence-electron chi connectivity index (χ3n) is 4.26. The molecule has 5 heteroatoms. The first-order valence-corrected chi connectivity index (χ1v) is 10.0. The van der Waals surface area contributed by atoms with Gasteiger partial charge in [-0.2, -0.15) is 4.31 Å². The zero-order valence-corrected chi connectivity index (χ0v) is 14.4. The summed E-state index contributed by atoms with van der Waals surface area (Å²) in [6.45, 7) is 2.48. The van der Waals surface area contributed by atoms with Gasteiger partial charge in [-0.3, -0.25) is 0 Å². The molecule has 0 saturated carbocycles. The van der Waals surface area contributed by atoms with E-state index in [0.717, 1.165) is 36.1 Å². The first-order valence-electron chi connectivity index (χ1n) is 7.71. The number of aryl methyl sites for hydroxylation is 1. The van der Waals surface area contributed by atoms with Crippen molar-refractivity contribution in [3.63, 3.8) is 0 Å². The Morgan fingerprint density at radius 1 is 1.09 bits per heavy atom. The van der Waals surface area contributed by atoms with E-state index < -0.39 is 10.0 Å². The van der Waals surface area contributed by atoms with Crippen molar-refractivity contribution < 1.29 is 8.42 Å². The van der Waals surface area contributed by atoms with Crippen LogP contribution in [0.3, 0.4) is 0 Å². The fraction of sp³-hybridized carbons (Fsp3) is 0.412. The Morgan fingerprint density at radius 3 is 2.64 bits per heavy atom. The second-order valence-corrected chi connectivity index (χ2v) is 8.60. The van der Waals surface area contributed by atoms with Crippen LogP contribution in [0.25, 0.3) is 0 Å². The molecular weight excluding hydrogens is 314 g/mol. The quantitative estimate of drug-likeness (QED) is 0.835. The van der Waals surface area contributed by atoms with E-state index in [4.69, 9.17) is 0 Å². The molecule has 0 spiro atoms. The van der Waals surface area contributed by atoms with Gasteiger partial charge in [-0.15, -0.1) is 11.3 Å². The molecule has 2 aromatic rings. The summed E-state index contributed by atoms with van der Waals surface area (Å²) in [5.74, 6) is 0. The maximum atomic E-state index is 13.2. The van der Waals surface area contributed by atoms with Crippen LogP contribution in [0.5, 0.6) is 0 Å². The largest absolute Gasteiger partial charge is 0.243 e. The lowest BCUT2D eigenvalue weighted by Crippen LogP contribution is -2.34. The Labute approximate surface area is 136 Å². The zero-order chi connectivity index (χ0) is 15.6. The number of sulfonamides is 1. The van der Waals surface area contributed by atoms with Crippen molar-refractivity contribution >= 4 is 21.4 Å². The fourth-order valence-electron chi connectivity index (χ4n) is 3.11. The van der Waals surface area contributed by atoms with E-state index in [1.807, 2.05) is 30.5 Å². The van der Waals surface area contributed by atoms with Gasteiger partial charge in [0.1, 0.15) is 0 Å². The van der Waals surface area contributed by atoms with Crippen LogP contribution in [-0.4, -0.2) is 19.3 Å². The van der Waals surface area contributed by atoms with E-state index in [1.165, 1.54) is 0 Å². The van der Waals surface area contributed by atoms with Gasteiger partial charge in [-0.25, -0.2) is 8.42 Å². The van der Waals surface area contributed by atoms with Gasteiger partial charge in [0.05, 0.1) is 10.9 Å². The van der Waals surface area contributed by atoms with Crippen molar-refractivity contribution in [2.75, 3.05) is 6.54 Å². The van der Waals surface area contributed by atoms with Crippen LogP contribution in [0, 0.1) is 6.92 Å². The molecule has 0 radical (unpaired) electrons. The molecule has 0 N–H and O–H groups in total. The molecule has 1 aliphatic rings. The van der Waals surface area contributed by atoms with Gasteiger partial charge in [0.15, 0.2) is 0 Å². The summed E-state index contributed by atoms with van der Waals surface area (Å²) in [6, 6.07) is 11.3. The molecule has 1 atom stereocenters. The SMILES string of the molecule is Cc1ccccc1S(=O)(=O)N1CCCCCC1c1cccs1. The standard InChI is InChI=1S/C17H21NO2S2/c1-14-8-4-5-11-17(14)22(19,20)18-12-6-2-3-9-15(18)16-10-7-13-21-16/h4-5,7-8,10-11,13,15H,2-3,6,9,12H2,1H3. The van der Waals surface area contributed by atoms with E-state index >= 15 is 0 Å². The Balaban J connectivity index is 2.04. The topological polar surface area (TPSA) is 37.4 Å². The molecule has 1 unspecified atom stereocenters. The average Bonchev–Trinajstić information content (AvgIpc) is 2.91. The van der Waals surface area contributed by atoms with Gasteiger partial charge in [0.25, 0.3) is 0 Å². The van der Waals surface area contributed by atoms with Crippen LogP contribution in [-0.2, 0) is 10.0 Å². The maximum absolute atomic E-state index is 13.2. The lowest BCUT2D eigenvalue weighted by molar-refractivity contribution is 0.333. The molecule has 118 valence electrons. The highest BCUT2D eigenvalue weighted by Crippen LogP contribution is 2.37. The van der Waals surface area contributed by atoms with Gasteiger partial charge in [-0.05, 0) is 42.8 Å². The molecule has 22 heavy (non-hydrogen) atoms. The minimum absolute atomic E-state index is 0.0212. The zero-order valence-electron chi connectivity index (χ0n) is 12.7. The van der Waals surface area contributed by atoms with E-state index in [1.54, 1.807) is 27.8 Å². The monoisotopic (exact) mass is 335 g/mol. The maximum Gasteiger partial charge on any atom is 0.243 e. The molecule has 1 aromatic heterocycles. The number of benzene rings is 1. The van der Waals surface area contributed by atoms with Crippen LogP contribution in [0.1, 0.15) is 42.2 Å². The first kappa shape index (κ1) is 15.7. The highest BCUT2D eigenvalue weighted by atomic mass is 32.2. The Kier molecular flexibility index (Phi) is 4.66. The van der Waals surface area contributed by atoms with Crippen molar-refractivity contribution in [1.82, 2.24) is 4.31 Å². The van der Waals surface area contributed by atoms with Crippen molar-refractivity contribution in [3.05, 3.63) is 52.2 Å². The van der Waals surface area contributed by atoms with Crippen LogP contribution in [0.2, 0.25) is 0 Å². The molecule has 0 amide bonds. The molecule has 0 aliphatic carbocycles. The van der Waals surface area contributed by atoms with Crippen LogP contribution in [0.15, 0.2) is 46.7 Å². The smallest absolute Gasteiger partial charge is 0.207 e. The van der Waals surface area contributed by atoms with Crippen LogP contribution < -0.4 is 0 Å². The summed E-state index contributed by atoms with van der Waals surface area (Å²) < 4.78 is 28.1. The lowest BCUT2D eigenvalue weighted by atomic mass is 10.1. The highest BCUT2D eigenvalue weighted by molar-refractivity contribution is 7.89. The third kappa shape index (κ3) is 2.98. The molecule has 1 saturated heterocycles. The van der Waals surface area contributed by atoms with Crippen LogP contribution >= 0.6 is 11.3 Å². The molecule has 1 fully saturated rings. The predicted molar refractivity (Wildman–Crippen MR) is 90.6 cm³/mol. The molecule has 1 aromatic carbocycles. The molecular formula is C17H21NO2S2. The number of rotatable bonds is 3. The van der Waals surface area contributed by atoms with Gasteiger partial charge < -0.3 is 0 Å². The second kappa shape index (κ2) is 6.52. The second-order valence-electron chi connectivity index (χ2n) is 5.76. The Morgan fingerprint density at radius 2 is 1.91 bits per heavy atom. The summed E-state index contributed by atoms with van der Waals surface area (Å²) in [7, 11) is -3.45. The van der Waals surface area contributed by atoms with Crippen molar-refractivity contribution in [2.24, 2.45) is 0 Å². The molecule has 0 bridgehead atoms. The summed E-state index contributed by atoms with van der Waals surface area (Å²) in [5, 5.41) is 2.03. The lowest BCUT2D eigenvalue weighted by Gasteiger charge is -2.29. The first-order chi connectivity index (χ1) is 10.6. The minimum atomic E-state index is -3.45. The predicted octanol–water partition coefficient (Wildman–Crippen LogP) is 4.36. The van der Waals surface area contributed by atoms with Gasteiger partial charge >= 0.3 is 0 Å². The average molecular weight is 335 g/mol. The van der Waals surface area contributed by atoms with Crippen molar-refractivity contribution in [3.8, 4) is 0 Å². The number of thiophene rings is 1. The van der Waals surface area contributed by atoms with E-state index in [0.29, 0.717) is 11.4 Å². The fourth-order valence-corrected chi connectivity index (χ4v) is 5.95. The van der Waals surface area contributed by atoms with Crippen LogP contribution in [0.4, 0.5) is 0 Å². The molecule has 3 rings (SSSR count). The number of nitrogens with zero attached hydrogens (tertiary/aromatic N) is 1. The summed E-state index contributed by atoms with van der Waals surface area (Å²) >= 11 is 1.65. The summed E-state index contributed by atoms with van der Waals surface area (Å²) in [4.78, 5) is 1.59. The highest BCUT2D eigenvalue weighted by Gasteiger charge is 2.34. The van der Waals surface area contributed by atoms with Crippen molar-refractivity contribution in [1.29, 1.82) is 0 Å². The number of hydrogen-bond donors (Lipinski definition) is 0. The van der Waals surface area contributed by atoms with Gasteiger partial charge in [0, 0.05) is 11.4 Å². The van der Waals surface area contributed by atoms with E-state index in [-0.39, 0.29) is 6.04 Å². The van der Waals surface area contributed by atoms with E-state index in [2.05, 4.69) is 6.07 Å². The normalized spacial score (nSPS) is 20.7. The summed E-state index contributed by atoms with van der Waals surface area (Å²) in [6.07, 6.45) is 4.03. The molecule has 2 heterocycles. The molecule has 3 nitrogen and oxygen atoms in total. The van der Waals surface area contributed by atoms with Crippen molar-refractivity contribution in [2.45, 2.75) is 43.5 Å². The number of hydrogen-bond acceptors (Lipinski definition) is 3. The molecule has 1 aliphatic heterocycles. The Bertz CT molecular complexity index is 723. The third-order valence-corrected chi connectivity index (χ3v) is 7.30. The Hall–Kier alpha value is -1.17. The minimum Gasteiger partial charge on any atom is -0.207 e.